The second kappa shape index (κ2) is 7.28. The molecule has 0 radical (unpaired) electrons. The van der Waals surface area contributed by atoms with Crippen molar-refractivity contribution in [2.24, 2.45) is 5.92 Å². The summed E-state index contributed by atoms with van der Waals surface area (Å²) in [5.41, 5.74) is 1.21. The van der Waals surface area contributed by atoms with Crippen molar-refractivity contribution in [2.75, 3.05) is 13.6 Å². The highest BCUT2D eigenvalue weighted by Gasteiger charge is 2.22. The number of rotatable bonds is 5. The van der Waals surface area contributed by atoms with E-state index in [0.717, 1.165) is 17.5 Å². The minimum atomic E-state index is 0.126. The summed E-state index contributed by atoms with van der Waals surface area (Å²) in [7, 11) is 1.97. The van der Waals surface area contributed by atoms with Crippen LogP contribution in [0.3, 0.4) is 0 Å². The number of hydrogen-bond donors (Lipinski definition) is 1. The molecule has 1 saturated carbocycles. The molecule has 106 valence electrons. The summed E-state index contributed by atoms with van der Waals surface area (Å²) >= 11 is 5.94. The van der Waals surface area contributed by atoms with Crippen LogP contribution in [-0.4, -0.2) is 19.7 Å². The van der Waals surface area contributed by atoms with E-state index in [0.29, 0.717) is 6.10 Å². The van der Waals surface area contributed by atoms with Gasteiger partial charge in [0, 0.05) is 11.6 Å². The lowest BCUT2D eigenvalue weighted by molar-refractivity contribution is -0.0355. The van der Waals surface area contributed by atoms with E-state index >= 15 is 0 Å². The Balaban J connectivity index is 1.97. The van der Waals surface area contributed by atoms with E-state index < -0.39 is 0 Å². The molecule has 2 nitrogen and oxygen atoms in total. The minimum absolute atomic E-state index is 0.126. The molecule has 1 atom stereocenters. The maximum absolute atomic E-state index is 6.30. The third-order valence-electron chi connectivity index (χ3n) is 3.95. The van der Waals surface area contributed by atoms with Gasteiger partial charge in [0.25, 0.3) is 0 Å². The van der Waals surface area contributed by atoms with Crippen LogP contribution < -0.4 is 5.32 Å². The minimum Gasteiger partial charge on any atom is -0.369 e. The monoisotopic (exact) mass is 281 g/mol. The van der Waals surface area contributed by atoms with Crippen molar-refractivity contribution in [3.8, 4) is 0 Å². The molecule has 3 heteroatoms. The Kier molecular flexibility index (Phi) is 5.68. The Morgan fingerprint density at radius 2 is 1.84 bits per heavy atom. The lowest BCUT2D eigenvalue weighted by Crippen LogP contribution is -2.27. The molecule has 0 aromatic heterocycles. The summed E-state index contributed by atoms with van der Waals surface area (Å²) < 4.78 is 6.30. The summed E-state index contributed by atoms with van der Waals surface area (Å²) in [6, 6.07) is 8.00. The van der Waals surface area contributed by atoms with Crippen molar-refractivity contribution in [3.05, 3.63) is 34.9 Å². The highest BCUT2D eigenvalue weighted by molar-refractivity contribution is 6.30. The van der Waals surface area contributed by atoms with Crippen LogP contribution in [0.5, 0.6) is 0 Å². The molecule has 0 saturated heterocycles. The zero-order valence-electron chi connectivity index (χ0n) is 11.9. The van der Waals surface area contributed by atoms with E-state index in [-0.39, 0.29) is 6.10 Å². The first-order valence-electron chi connectivity index (χ1n) is 7.24. The fourth-order valence-electron chi connectivity index (χ4n) is 2.71. The zero-order chi connectivity index (χ0) is 13.7. The molecule has 0 amide bonds. The Morgan fingerprint density at radius 1 is 1.21 bits per heavy atom. The van der Waals surface area contributed by atoms with Gasteiger partial charge < -0.3 is 10.1 Å². The number of likely N-dealkylation sites (N-methyl/N-ethyl adjacent to an activating group) is 1. The largest absolute Gasteiger partial charge is 0.369 e. The topological polar surface area (TPSA) is 21.3 Å². The SMILES string of the molecule is CNCC(OC1CCC(C)CC1)c1ccc(Cl)cc1. The van der Waals surface area contributed by atoms with Gasteiger partial charge in [-0.05, 0) is 56.3 Å². The van der Waals surface area contributed by atoms with Crippen molar-refractivity contribution in [2.45, 2.75) is 44.8 Å². The normalized spacial score (nSPS) is 25.2. The third kappa shape index (κ3) is 4.48. The third-order valence-corrected chi connectivity index (χ3v) is 4.20. The van der Waals surface area contributed by atoms with Gasteiger partial charge in [0.15, 0.2) is 0 Å². The lowest BCUT2D eigenvalue weighted by Gasteiger charge is -2.30. The predicted molar refractivity (Wildman–Crippen MR) is 80.6 cm³/mol. The number of halogens is 1. The molecule has 1 aliphatic rings. The Labute approximate surface area is 121 Å². The average molecular weight is 282 g/mol. The van der Waals surface area contributed by atoms with Gasteiger partial charge in [-0.1, -0.05) is 30.7 Å². The Morgan fingerprint density at radius 3 is 2.42 bits per heavy atom. The number of benzene rings is 1. The van der Waals surface area contributed by atoms with Crippen molar-refractivity contribution in [1.29, 1.82) is 0 Å². The van der Waals surface area contributed by atoms with E-state index in [1.165, 1.54) is 31.2 Å². The summed E-state index contributed by atoms with van der Waals surface area (Å²) in [5, 5.41) is 4.00. The smallest absolute Gasteiger partial charge is 0.0952 e. The van der Waals surface area contributed by atoms with Gasteiger partial charge in [-0.25, -0.2) is 0 Å². The van der Waals surface area contributed by atoms with E-state index in [9.17, 15) is 0 Å². The van der Waals surface area contributed by atoms with E-state index in [2.05, 4.69) is 24.4 Å². The van der Waals surface area contributed by atoms with Crippen molar-refractivity contribution in [1.82, 2.24) is 5.32 Å². The molecule has 1 fully saturated rings. The predicted octanol–water partition coefficient (Wildman–Crippen LogP) is 4.20. The second-order valence-corrected chi connectivity index (χ2v) is 6.05. The van der Waals surface area contributed by atoms with E-state index in [4.69, 9.17) is 16.3 Å². The molecular formula is C16H24ClNO. The van der Waals surface area contributed by atoms with Gasteiger partial charge in [0.2, 0.25) is 0 Å². The zero-order valence-corrected chi connectivity index (χ0v) is 12.6. The van der Waals surface area contributed by atoms with Crippen LogP contribution in [0, 0.1) is 5.92 Å². The lowest BCUT2D eigenvalue weighted by atomic mass is 9.89. The van der Waals surface area contributed by atoms with Crippen LogP contribution in [-0.2, 0) is 4.74 Å². The van der Waals surface area contributed by atoms with Gasteiger partial charge >= 0.3 is 0 Å². The van der Waals surface area contributed by atoms with Gasteiger partial charge in [0.05, 0.1) is 12.2 Å². The quantitative estimate of drug-likeness (QED) is 0.873. The molecule has 1 aromatic carbocycles. The second-order valence-electron chi connectivity index (χ2n) is 5.62. The molecule has 1 N–H and O–H groups in total. The number of hydrogen-bond acceptors (Lipinski definition) is 2. The molecule has 0 heterocycles. The molecular weight excluding hydrogens is 258 g/mol. The average Bonchev–Trinajstić information content (AvgIpc) is 2.42. The van der Waals surface area contributed by atoms with Crippen LogP contribution in [0.2, 0.25) is 5.02 Å². The molecule has 1 aromatic rings. The van der Waals surface area contributed by atoms with Crippen LogP contribution in [0.4, 0.5) is 0 Å². The first kappa shape index (κ1) is 14.8. The maximum Gasteiger partial charge on any atom is 0.0952 e. The highest BCUT2D eigenvalue weighted by atomic mass is 35.5. The van der Waals surface area contributed by atoms with Gasteiger partial charge in [-0.15, -0.1) is 0 Å². The molecule has 0 spiro atoms. The first-order chi connectivity index (χ1) is 9.19. The Bertz CT molecular complexity index is 371. The summed E-state index contributed by atoms with van der Waals surface area (Å²) in [6.45, 7) is 3.17. The highest BCUT2D eigenvalue weighted by Crippen LogP contribution is 2.30. The van der Waals surface area contributed by atoms with E-state index in [1.807, 2.05) is 19.2 Å². The van der Waals surface area contributed by atoms with Crippen molar-refractivity contribution < 1.29 is 4.74 Å². The molecule has 1 aliphatic carbocycles. The molecule has 0 bridgehead atoms. The number of nitrogens with one attached hydrogen (secondary N) is 1. The van der Waals surface area contributed by atoms with Crippen LogP contribution >= 0.6 is 11.6 Å². The van der Waals surface area contributed by atoms with Gasteiger partial charge in [-0.2, -0.15) is 0 Å². The molecule has 19 heavy (non-hydrogen) atoms. The summed E-state index contributed by atoms with van der Waals surface area (Å²) in [4.78, 5) is 0. The van der Waals surface area contributed by atoms with Crippen LogP contribution in [0.25, 0.3) is 0 Å². The van der Waals surface area contributed by atoms with Gasteiger partial charge in [-0.3, -0.25) is 0 Å². The standard InChI is InChI=1S/C16H24ClNO/c1-12-3-9-15(10-4-12)19-16(11-18-2)13-5-7-14(17)8-6-13/h5-8,12,15-16,18H,3-4,9-11H2,1-2H3. The molecule has 0 aliphatic heterocycles. The fraction of sp³-hybridized carbons (Fsp3) is 0.625. The molecule has 2 rings (SSSR count). The summed E-state index contributed by atoms with van der Waals surface area (Å²) in [5.74, 6) is 0.859. The Hall–Kier alpha value is -0.570. The first-order valence-corrected chi connectivity index (χ1v) is 7.62. The summed E-state index contributed by atoms with van der Waals surface area (Å²) in [6.07, 6.45) is 5.49. The maximum atomic E-state index is 6.30. The van der Waals surface area contributed by atoms with Crippen LogP contribution in [0.15, 0.2) is 24.3 Å². The molecule has 1 unspecified atom stereocenters. The van der Waals surface area contributed by atoms with Crippen molar-refractivity contribution in [3.63, 3.8) is 0 Å². The van der Waals surface area contributed by atoms with Crippen LogP contribution in [0.1, 0.15) is 44.3 Å². The fourth-order valence-corrected chi connectivity index (χ4v) is 2.83. The van der Waals surface area contributed by atoms with Crippen molar-refractivity contribution >= 4 is 11.6 Å². The number of ether oxygens (including phenoxy) is 1. The van der Waals surface area contributed by atoms with E-state index in [1.54, 1.807) is 0 Å². The van der Waals surface area contributed by atoms with Gasteiger partial charge in [0.1, 0.15) is 0 Å².